The molecule has 0 saturated heterocycles. The molecule has 0 aliphatic heterocycles. The zero-order valence-corrected chi connectivity index (χ0v) is 9.85. The van der Waals surface area contributed by atoms with Crippen LogP contribution in [0.5, 0.6) is 0 Å². The minimum Gasteiger partial charge on any atom is -0.395 e. The molecule has 0 spiro atoms. The van der Waals surface area contributed by atoms with Crippen LogP contribution in [0.2, 0.25) is 0 Å². The minimum absolute atomic E-state index is 0.0972. The normalized spacial score (nSPS) is 9.47. The van der Waals surface area contributed by atoms with E-state index >= 15 is 0 Å². The second kappa shape index (κ2) is 8.26. The van der Waals surface area contributed by atoms with Crippen LogP contribution < -0.4 is 10.6 Å². The van der Waals surface area contributed by atoms with Crippen molar-refractivity contribution in [1.82, 2.24) is 0 Å². The quantitative estimate of drug-likeness (QED) is 0.794. The van der Waals surface area contributed by atoms with Gasteiger partial charge in [0, 0.05) is 25.3 Å². The van der Waals surface area contributed by atoms with Crippen molar-refractivity contribution >= 4 is 5.69 Å². The molecule has 0 saturated carbocycles. The lowest BCUT2D eigenvalue weighted by atomic mass is 10.2. The molecule has 0 aliphatic carbocycles. The summed E-state index contributed by atoms with van der Waals surface area (Å²) >= 11 is 0. The SMILES string of the molecule is CC(C)N(C)c1ccccc1.NCCO. The van der Waals surface area contributed by atoms with Crippen LogP contribution in [0.1, 0.15) is 13.8 Å². The van der Waals surface area contributed by atoms with Crippen molar-refractivity contribution in [1.29, 1.82) is 0 Å². The third-order valence-electron chi connectivity index (χ3n) is 2.07. The molecule has 1 rings (SSSR count). The Balaban J connectivity index is 0.000000423. The molecule has 86 valence electrons. The first kappa shape index (κ1) is 13.9. The van der Waals surface area contributed by atoms with E-state index in [9.17, 15) is 0 Å². The lowest BCUT2D eigenvalue weighted by Crippen LogP contribution is -2.25. The van der Waals surface area contributed by atoms with Crippen molar-refractivity contribution < 1.29 is 5.11 Å². The van der Waals surface area contributed by atoms with Gasteiger partial charge in [-0.15, -0.1) is 0 Å². The summed E-state index contributed by atoms with van der Waals surface area (Å²) in [5.41, 5.74) is 6.06. The maximum Gasteiger partial charge on any atom is 0.0553 e. The lowest BCUT2D eigenvalue weighted by Gasteiger charge is -2.23. The van der Waals surface area contributed by atoms with E-state index in [1.54, 1.807) is 0 Å². The van der Waals surface area contributed by atoms with Gasteiger partial charge in [0.2, 0.25) is 0 Å². The number of aliphatic hydroxyl groups is 1. The fourth-order valence-corrected chi connectivity index (χ4v) is 0.961. The summed E-state index contributed by atoms with van der Waals surface area (Å²) in [5.74, 6) is 0. The third-order valence-corrected chi connectivity index (χ3v) is 2.07. The highest BCUT2D eigenvalue weighted by molar-refractivity contribution is 5.45. The number of nitrogens with two attached hydrogens (primary N) is 1. The molecular weight excluding hydrogens is 188 g/mol. The monoisotopic (exact) mass is 210 g/mol. The Kier molecular flexibility index (Phi) is 7.68. The largest absolute Gasteiger partial charge is 0.395 e. The summed E-state index contributed by atoms with van der Waals surface area (Å²) in [6.07, 6.45) is 0. The van der Waals surface area contributed by atoms with Crippen molar-refractivity contribution in [2.45, 2.75) is 19.9 Å². The Labute approximate surface area is 92.5 Å². The van der Waals surface area contributed by atoms with Crippen LogP contribution in [0.4, 0.5) is 5.69 Å². The number of hydrogen-bond acceptors (Lipinski definition) is 3. The molecule has 15 heavy (non-hydrogen) atoms. The first-order valence-electron chi connectivity index (χ1n) is 5.22. The van der Waals surface area contributed by atoms with Crippen molar-refractivity contribution in [3.63, 3.8) is 0 Å². The van der Waals surface area contributed by atoms with E-state index < -0.39 is 0 Å². The Morgan fingerprint density at radius 2 is 1.73 bits per heavy atom. The fraction of sp³-hybridized carbons (Fsp3) is 0.500. The molecule has 0 aromatic heterocycles. The van der Waals surface area contributed by atoms with Crippen molar-refractivity contribution in [2.75, 3.05) is 25.1 Å². The summed E-state index contributed by atoms with van der Waals surface area (Å²) in [5, 5.41) is 7.75. The number of aliphatic hydroxyl groups excluding tert-OH is 1. The number of para-hydroxylation sites is 1. The number of anilines is 1. The maximum atomic E-state index is 7.75. The second-order valence-electron chi connectivity index (χ2n) is 3.55. The number of nitrogens with zero attached hydrogens (tertiary/aromatic N) is 1. The van der Waals surface area contributed by atoms with E-state index in [1.165, 1.54) is 5.69 Å². The molecule has 0 atom stereocenters. The van der Waals surface area contributed by atoms with Gasteiger partial charge in [-0.3, -0.25) is 0 Å². The Morgan fingerprint density at radius 1 is 1.27 bits per heavy atom. The summed E-state index contributed by atoms with van der Waals surface area (Å²) in [6.45, 7) is 4.85. The molecule has 0 amide bonds. The lowest BCUT2D eigenvalue weighted by molar-refractivity contribution is 0.306. The van der Waals surface area contributed by atoms with Crippen LogP contribution in [0, 0.1) is 0 Å². The number of rotatable bonds is 3. The standard InChI is InChI=1S/C10H15N.C2H7NO/c1-9(2)11(3)10-7-5-4-6-8-10;3-1-2-4/h4-9H,1-3H3;4H,1-3H2. The Morgan fingerprint density at radius 3 is 2.07 bits per heavy atom. The van der Waals surface area contributed by atoms with E-state index in [0.29, 0.717) is 12.6 Å². The van der Waals surface area contributed by atoms with Crippen LogP contribution in [-0.2, 0) is 0 Å². The molecule has 0 heterocycles. The molecule has 3 N–H and O–H groups in total. The van der Waals surface area contributed by atoms with Crippen LogP contribution in [-0.4, -0.2) is 31.3 Å². The molecule has 0 bridgehead atoms. The van der Waals surface area contributed by atoms with Gasteiger partial charge in [-0.05, 0) is 26.0 Å². The van der Waals surface area contributed by atoms with E-state index in [2.05, 4.69) is 50.1 Å². The molecule has 0 aliphatic rings. The predicted molar refractivity (Wildman–Crippen MR) is 66.1 cm³/mol. The maximum absolute atomic E-state index is 7.75. The van der Waals surface area contributed by atoms with Crippen molar-refractivity contribution in [3.05, 3.63) is 30.3 Å². The van der Waals surface area contributed by atoms with Gasteiger partial charge < -0.3 is 15.7 Å². The molecule has 3 heteroatoms. The van der Waals surface area contributed by atoms with Crippen LogP contribution in [0.3, 0.4) is 0 Å². The summed E-state index contributed by atoms with van der Waals surface area (Å²) in [6, 6.07) is 11.0. The molecule has 0 radical (unpaired) electrons. The van der Waals surface area contributed by atoms with E-state index in [-0.39, 0.29) is 6.61 Å². The fourth-order valence-electron chi connectivity index (χ4n) is 0.961. The van der Waals surface area contributed by atoms with Gasteiger partial charge in [0.25, 0.3) is 0 Å². The highest BCUT2D eigenvalue weighted by Gasteiger charge is 2.01. The second-order valence-corrected chi connectivity index (χ2v) is 3.55. The zero-order chi connectivity index (χ0) is 11.7. The topological polar surface area (TPSA) is 49.5 Å². The van der Waals surface area contributed by atoms with Gasteiger partial charge in [0.05, 0.1) is 6.61 Å². The number of benzene rings is 1. The third kappa shape index (κ3) is 6.10. The molecular formula is C12H22N2O. The van der Waals surface area contributed by atoms with Crippen molar-refractivity contribution in [2.24, 2.45) is 5.73 Å². The summed E-state index contributed by atoms with van der Waals surface area (Å²) in [7, 11) is 2.11. The molecule has 1 aromatic rings. The Hall–Kier alpha value is -1.06. The van der Waals surface area contributed by atoms with Gasteiger partial charge >= 0.3 is 0 Å². The summed E-state index contributed by atoms with van der Waals surface area (Å²) < 4.78 is 0. The first-order valence-corrected chi connectivity index (χ1v) is 5.22. The van der Waals surface area contributed by atoms with Crippen LogP contribution in [0.15, 0.2) is 30.3 Å². The predicted octanol–water partition coefficient (Wildman–Crippen LogP) is 1.47. The van der Waals surface area contributed by atoms with Gasteiger partial charge in [0.1, 0.15) is 0 Å². The smallest absolute Gasteiger partial charge is 0.0553 e. The highest BCUT2D eigenvalue weighted by atomic mass is 16.3. The summed E-state index contributed by atoms with van der Waals surface area (Å²) in [4.78, 5) is 2.25. The van der Waals surface area contributed by atoms with Crippen molar-refractivity contribution in [3.8, 4) is 0 Å². The first-order chi connectivity index (χ1) is 7.13. The molecule has 3 nitrogen and oxygen atoms in total. The highest BCUT2D eigenvalue weighted by Crippen LogP contribution is 2.12. The molecule has 1 aromatic carbocycles. The minimum atomic E-state index is 0.0972. The Bertz CT molecular complexity index is 235. The molecule has 0 fully saturated rings. The van der Waals surface area contributed by atoms with Gasteiger partial charge in [-0.2, -0.15) is 0 Å². The van der Waals surface area contributed by atoms with Crippen LogP contribution >= 0.6 is 0 Å². The van der Waals surface area contributed by atoms with E-state index in [1.807, 2.05) is 6.07 Å². The van der Waals surface area contributed by atoms with Crippen LogP contribution in [0.25, 0.3) is 0 Å². The average Bonchev–Trinajstić information content (AvgIpc) is 2.29. The average molecular weight is 210 g/mol. The molecule has 0 unspecified atom stereocenters. The number of hydrogen-bond donors (Lipinski definition) is 2. The van der Waals surface area contributed by atoms with Gasteiger partial charge in [-0.25, -0.2) is 0 Å². The zero-order valence-electron chi connectivity index (χ0n) is 9.85. The van der Waals surface area contributed by atoms with Gasteiger partial charge in [0.15, 0.2) is 0 Å². The van der Waals surface area contributed by atoms with Gasteiger partial charge in [-0.1, -0.05) is 18.2 Å². The van der Waals surface area contributed by atoms with E-state index in [4.69, 9.17) is 10.8 Å². The van der Waals surface area contributed by atoms with E-state index in [0.717, 1.165) is 0 Å².